The van der Waals surface area contributed by atoms with Gasteiger partial charge in [-0.3, -0.25) is 4.79 Å². The number of fused-ring (bicyclic) bond motifs is 1. The van der Waals surface area contributed by atoms with Crippen molar-refractivity contribution >= 4 is 46.8 Å². The molecule has 32 heavy (non-hydrogen) atoms. The number of nitrogens with zero attached hydrogens (tertiary/aromatic N) is 3. The lowest BCUT2D eigenvalue weighted by molar-refractivity contribution is -0.115. The van der Waals surface area contributed by atoms with Crippen molar-refractivity contribution in [3.8, 4) is 5.75 Å². The summed E-state index contributed by atoms with van der Waals surface area (Å²) in [5.41, 5.74) is 8.38. The number of ether oxygens (including phenoxy) is 1. The molecule has 1 atom stereocenters. The normalized spacial score (nSPS) is 15.3. The third-order valence-electron chi connectivity index (χ3n) is 5.01. The van der Waals surface area contributed by atoms with Gasteiger partial charge >= 0.3 is 0 Å². The standard InChI is InChI=1S/C22H21Cl2N5O2S/c1-3-32-22-27-21-26-12(2)18(20(25)30)19(29(21)28-22)13-7-9-14(10-8-13)31-11-15-16(23)5-4-6-17(15)24/h4-10,19H,3,11H2,1-2H3,(H2,25,30)(H,26,27,28). The molecule has 1 aliphatic heterocycles. The number of amides is 1. The van der Waals surface area contributed by atoms with Crippen molar-refractivity contribution in [2.75, 3.05) is 11.1 Å². The minimum absolute atomic E-state index is 0.238. The van der Waals surface area contributed by atoms with Crippen LogP contribution in [0.15, 0.2) is 58.9 Å². The van der Waals surface area contributed by atoms with Gasteiger partial charge in [0.15, 0.2) is 0 Å². The highest BCUT2D eigenvalue weighted by atomic mass is 35.5. The van der Waals surface area contributed by atoms with Gasteiger partial charge < -0.3 is 15.8 Å². The van der Waals surface area contributed by atoms with Gasteiger partial charge in [0.25, 0.3) is 0 Å². The Morgan fingerprint density at radius 1 is 1.22 bits per heavy atom. The van der Waals surface area contributed by atoms with Gasteiger partial charge in [0.1, 0.15) is 18.4 Å². The lowest BCUT2D eigenvalue weighted by Gasteiger charge is -2.27. The van der Waals surface area contributed by atoms with Gasteiger partial charge in [-0.15, -0.1) is 5.10 Å². The lowest BCUT2D eigenvalue weighted by Crippen LogP contribution is -2.31. The Morgan fingerprint density at radius 2 is 1.91 bits per heavy atom. The van der Waals surface area contributed by atoms with Crippen molar-refractivity contribution in [1.29, 1.82) is 0 Å². The molecule has 166 valence electrons. The third kappa shape index (κ3) is 4.44. The number of benzene rings is 2. The van der Waals surface area contributed by atoms with Gasteiger partial charge in [0, 0.05) is 21.3 Å². The van der Waals surface area contributed by atoms with E-state index in [0.717, 1.165) is 16.9 Å². The summed E-state index contributed by atoms with van der Waals surface area (Å²) in [4.78, 5) is 16.8. The number of anilines is 1. The maximum Gasteiger partial charge on any atom is 0.248 e. The molecule has 1 amide bonds. The largest absolute Gasteiger partial charge is 0.489 e. The number of carbonyl (C=O) groups is 1. The molecule has 7 nitrogen and oxygen atoms in total. The first-order valence-electron chi connectivity index (χ1n) is 9.91. The predicted molar refractivity (Wildman–Crippen MR) is 127 cm³/mol. The molecule has 10 heteroatoms. The van der Waals surface area contributed by atoms with E-state index >= 15 is 0 Å². The molecule has 2 aromatic carbocycles. The number of nitrogens with two attached hydrogens (primary N) is 1. The van der Waals surface area contributed by atoms with E-state index in [1.165, 1.54) is 11.8 Å². The van der Waals surface area contributed by atoms with Gasteiger partial charge in [-0.25, -0.2) is 4.68 Å². The number of carbonyl (C=O) groups excluding carboxylic acids is 1. The fourth-order valence-corrected chi connectivity index (χ4v) is 4.58. The van der Waals surface area contributed by atoms with Crippen LogP contribution >= 0.6 is 35.0 Å². The summed E-state index contributed by atoms with van der Waals surface area (Å²) in [6.07, 6.45) is 0. The zero-order chi connectivity index (χ0) is 22.8. The molecule has 0 spiro atoms. The zero-order valence-electron chi connectivity index (χ0n) is 17.4. The predicted octanol–water partition coefficient (Wildman–Crippen LogP) is 5.05. The average Bonchev–Trinajstić information content (AvgIpc) is 3.15. The van der Waals surface area contributed by atoms with Gasteiger partial charge in [0.05, 0.1) is 5.57 Å². The Labute approximate surface area is 199 Å². The van der Waals surface area contributed by atoms with Crippen LogP contribution in [0.4, 0.5) is 5.95 Å². The first-order valence-corrected chi connectivity index (χ1v) is 11.7. The molecular formula is C22H21Cl2N5O2S. The fourth-order valence-electron chi connectivity index (χ4n) is 3.52. The van der Waals surface area contributed by atoms with Crippen molar-refractivity contribution < 1.29 is 9.53 Å². The average molecular weight is 490 g/mol. The second-order valence-corrected chi connectivity index (χ2v) is 9.13. The number of nitrogens with one attached hydrogen (secondary N) is 1. The zero-order valence-corrected chi connectivity index (χ0v) is 19.8. The van der Waals surface area contributed by atoms with Crippen molar-refractivity contribution in [3.63, 3.8) is 0 Å². The van der Waals surface area contributed by atoms with Crippen molar-refractivity contribution in [2.24, 2.45) is 5.73 Å². The van der Waals surface area contributed by atoms with Gasteiger partial charge in [-0.2, -0.15) is 4.98 Å². The Morgan fingerprint density at radius 3 is 2.53 bits per heavy atom. The lowest BCUT2D eigenvalue weighted by atomic mass is 9.95. The highest BCUT2D eigenvalue weighted by Crippen LogP contribution is 2.36. The minimum Gasteiger partial charge on any atom is -0.489 e. The topological polar surface area (TPSA) is 95.1 Å². The number of rotatable bonds is 7. The fraction of sp³-hybridized carbons (Fsp3) is 0.227. The molecule has 3 aromatic rings. The molecule has 4 rings (SSSR count). The summed E-state index contributed by atoms with van der Waals surface area (Å²) >= 11 is 14.0. The van der Waals surface area contributed by atoms with Crippen LogP contribution in [0.1, 0.15) is 31.0 Å². The molecular weight excluding hydrogens is 469 g/mol. The van der Waals surface area contributed by atoms with Crippen LogP contribution < -0.4 is 15.8 Å². The molecule has 2 heterocycles. The van der Waals surface area contributed by atoms with E-state index in [1.54, 1.807) is 22.9 Å². The van der Waals surface area contributed by atoms with E-state index in [1.807, 2.05) is 38.1 Å². The van der Waals surface area contributed by atoms with Crippen LogP contribution in [0.5, 0.6) is 5.75 Å². The Bertz CT molecular complexity index is 1170. The molecule has 3 N–H and O–H groups in total. The van der Waals surface area contributed by atoms with Crippen molar-refractivity contribution in [3.05, 3.63) is 74.9 Å². The van der Waals surface area contributed by atoms with E-state index in [2.05, 4.69) is 15.4 Å². The Hall–Kier alpha value is -2.68. The number of halogens is 2. The SMILES string of the molecule is CCSc1nc2n(n1)C(c1ccc(OCc3c(Cl)cccc3Cl)cc1)C(C(N)=O)=C(C)N2. The molecule has 0 saturated carbocycles. The summed E-state index contributed by atoms with van der Waals surface area (Å²) in [5, 5.41) is 9.46. The summed E-state index contributed by atoms with van der Waals surface area (Å²) < 4.78 is 7.57. The third-order valence-corrected chi connectivity index (χ3v) is 6.44. The molecule has 0 fully saturated rings. The summed E-state index contributed by atoms with van der Waals surface area (Å²) in [6.45, 7) is 4.08. The molecule has 1 unspecified atom stereocenters. The van der Waals surface area contributed by atoms with Crippen LogP contribution in [-0.4, -0.2) is 26.4 Å². The van der Waals surface area contributed by atoms with Gasteiger partial charge in [-0.05, 0) is 42.5 Å². The van der Waals surface area contributed by atoms with E-state index in [4.69, 9.17) is 33.7 Å². The van der Waals surface area contributed by atoms with Crippen LogP contribution in [-0.2, 0) is 11.4 Å². The monoisotopic (exact) mass is 489 g/mol. The van der Waals surface area contributed by atoms with E-state index in [0.29, 0.717) is 38.2 Å². The van der Waals surface area contributed by atoms with E-state index < -0.39 is 11.9 Å². The van der Waals surface area contributed by atoms with Crippen molar-refractivity contribution in [2.45, 2.75) is 31.7 Å². The maximum atomic E-state index is 12.3. The van der Waals surface area contributed by atoms with Crippen molar-refractivity contribution in [1.82, 2.24) is 14.8 Å². The van der Waals surface area contributed by atoms with Crippen LogP contribution in [0.2, 0.25) is 10.0 Å². The van der Waals surface area contributed by atoms with E-state index in [9.17, 15) is 4.79 Å². The Balaban J connectivity index is 1.62. The van der Waals surface area contributed by atoms with Crippen LogP contribution in [0.25, 0.3) is 0 Å². The summed E-state index contributed by atoms with van der Waals surface area (Å²) in [5.74, 6) is 1.53. The molecule has 1 aliphatic rings. The molecule has 0 bridgehead atoms. The smallest absolute Gasteiger partial charge is 0.248 e. The quantitative estimate of drug-likeness (QED) is 0.450. The summed E-state index contributed by atoms with van der Waals surface area (Å²) in [6, 6.07) is 12.3. The van der Waals surface area contributed by atoms with Crippen LogP contribution in [0.3, 0.4) is 0 Å². The summed E-state index contributed by atoms with van der Waals surface area (Å²) in [7, 11) is 0. The second kappa shape index (κ2) is 9.44. The highest BCUT2D eigenvalue weighted by molar-refractivity contribution is 7.99. The number of thioether (sulfide) groups is 1. The number of aromatic nitrogens is 3. The number of hydrogen-bond acceptors (Lipinski definition) is 6. The number of allylic oxidation sites excluding steroid dienone is 1. The molecule has 0 saturated heterocycles. The van der Waals surface area contributed by atoms with Gasteiger partial charge in [0.2, 0.25) is 17.0 Å². The number of primary amides is 1. The minimum atomic E-state index is -0.514. The van der Waals surface area contributed by atoms with Gasteiger partial charge in [-0.1, -0.05) is 60.1 Å². The highest BCUT2D eigenvalue weighted by Gasteiger charge is 2.33. The molecule has 0 aliphatic carbocycles. The Kier molecular flexibility index (Phi) is 6.64. The second-order valence-electron chi connectivity index (χ2n) is 7.08. The first kappa shape index (κ1) is 22.5. The molecule has 0 radical (unpaired) electrons. The first-order chi connectivity index (χ1) is 15.4. The molecule has 1 aromatic heterocycles. The number of hydrogen-bond donors (Lipinski definition) is 2. The van der Waals surface area contributed by atoms with Crippen LogP contribution in [0, 0.1) is 0 Å². The maximum absolute atomic E-state index is 12.3. The van der Waals surface area contributed by atoms with E-state index in [-0.39, 0.29) is 6.61 Å².